The van der Waals surface area contributed by atoms with Gasteiger partial charge in [0.15, 0.2) is 0 Å². The second kappa shape index (κ2) is 8.06. The number of hydrogen-bond acceptors (Lipinski definition) is 5. The molecule has 0 amide bonds. The number of hydrogen-bond donors (Lipinski definition) is 0. The highest BCUT2D eigenvalue weighted by Gasteiger charge is 2.42. The maximum absolute atomic E-state index is 13.4. The van der Waals surface area contributed by atoms with Gasteiger partial charge >= 0.3 is 0 Å². The average molecular weight is 410 g/mol. The van der Waals surface area contributed by atoms with Gasteiger partial charge in [0.25, 0.3) is 10.0 Å². The molecule has 0 aromatic heterocycles. The van der Waals surface area contributed by atoms with Crippen molar-refractivity contribution >= 4 is 33.8 Å². The van der Waals surface area contributed by atoms with Gasteiger partial charge in [-0.1, -0.05) is 30.3 Å². The van der Waals surface area contributed by atoms with Gasteiger partial charge in [-0.15, -0.1) is 12.4 Å². The van der Waals surface area contributed by atoms with Crippen LogP contribution in [0.15, 0.2) is 54.6 Å². The monoisotopic (exact) mass is 409 g/mol. The Morgan fingerprint density at radius 3 is 2.30 bits per heavy atom. The molecular formula is C19H24ClN3O3S. The SMILES string of the molecule is CN1CCN(CC2Oc3ccccc3N(c3ccccc3)S2(=O)=O)CC1.Cl. The van der Waals surface area contributed by atoms with Crippen LogP contribution in [0.25, 0.3) is 0 Å². The fourth-order valence-corrected chi connectivity index (χ4v) is 5.10. The van der Waals surface area contributed by atoms with Crippen molar-refractivity contribution in [3.05, 3.63) is 54.6 Å². The van der Waals surface area contributed by atoms with Crippen molar-refractivity contribution in [2.75, 3.05) is 44.1 Å². The van der Waals surface area contributed by atoms with Crippen molar-refractivity contribution in [3.8, 4) is 5.75 Å². The second-order valence-electron chi connectivity index (χ2n) is 6.76. The third-order valence-corrected chi connectivity index (χ3v) is 6.75. The number of halogens is 1. The number of anilines is 2. The Hall–Kier alpha value is -1.80. The van der Waals surface area contributed by atoms with Crippen LogP contribution in [0.3, 0.4) is 0 Å². The van der Waals surface area contributed by atoms with Crippen molar-refractivity contribution in [1.82, 2.24) is 9.80 Å². The first-order valence-electron chi connectivity index (χ1n) is 8.81. The van der Waals surface area contributed by atoms with Crippen LogP contribution in [0.5, 0.6) is 5.75 Å². The predicted octanol–water partition coefficient (Wildman–Crippen LogP) is 2.54. The molecule has 2 aromatic carbocycles. The van der Waals surface area contributed by atoms with Crippen molar-refractivity contribution < 1.29 is 13.2 Å². The molecule has 2 aliphatic heterocycles. The Bertz CT molecular complexity index is 871. The minimum Gasteiger partial charge on any atom is -0.469 e. The van der Waals surface area contributed by atoms with Crippen LogP contribution in [0, 0.1) is 0 Å². The number of sulfonamides is 1. The van der Waals surface area contributed by atoms with E-state index >= 15 is 0 Å². The second-order valence-corrected chi connectivity index (χ2v) is 8.68. The molecule has 1 unspecified atom stereocenters. The fourth-order valence-electron chi connectivity index (χ4n) is 3.40. The van der Waals surface area contributed by atoms with Gasteiger partial charge in [-0.25, -0.2) is 12.7 Å². The van der Waals surface area contributed by atoms with E-state index in [4.69, 9.17) is 4.74 Å². The van der Waals surface area contributed by atoms with Crippen LogP contribution in [0.2, 0.25) is 0 Å². The first-order valence-corrected chi connectivity index (χ1v) is 10.3. The Balaban J connectivity index is 0.00000210. The summed E-state index contributed by atoms with van der Waals surface area (Å²) in [6.45, 7) is 3.93. The number of rotatable bonds is 3. The lowest BCUT2D eigenvalue weighted by Gasteiger charge is -2.39. The normalized spacial score (nSPS) is 22.4. The Morgan fingerprint density at radius 1 is 0.963 bits per heavy atom. The molecule has 0 N–H and O–H groups in total. The average Bonchev–Trinajstić information content (AvgIpc) is 2.64. The van der Waals surface area contributed by atoms with Crippen LogP contribution in [0.4, 0.5) is 11.4 Å². The van der Waals surface area contributed by atoms with Crippen molar-refractivity contribution in [2.24, 2.45) is 0 Å². The van der Waals surface area contributed by atoms with Crippen molar-refractivity contribution in [1.29, 1.82) is 0 Å². The van der Waals surface area contributed by atoms with Gasteiger partial charge in [0.05, 0.1) is 17.9 Å². The molecule has 4 rings (SSSR count). The minimum atomic E-state index is -3.69. The van der Waals surface area contributed by atoms with E-state index in [1.165, 1.54) is 4.31 Å². The molecule has 8 heteroatoms. The first-order chi connectivity index (χ1) is 12.6. The Morgan fingerprint density at radius 2 is 1.59 bits per heavy atom. The van der Waals surface area contributed by atoms with Gasteiger partial charge in [-0.2, -0.15) is 0 Å². The van der Waals surface area contributed by atoms with E-state index < -0.39 is 15.5 Å². The molecule has 0 bridgehead atoms. The molecule has 1 saturated heterocycles. The number of ether oxygens (including phenoxy) is 1. The molecular weight excluding hydrogens is 386 g/mol. The highest BCUT2D eigenvalue weighted by Crippen LogP contribution is 2.42. The zero-order valence-electron chi connectivity index (χ0n) is 15.2. The number of piperazine rings is 1. The van der Waals surface area contributed by atoms with Gasteiger partial charge in [0.2, 0.25) is 5.44 Å². The molecule has 0 saturated carbocycles. The summed E-state index contributed by atoms with van der Waals surface area (Å²) in [6.07, 6.45) is 0. The summed E-state index contributed by atoms with van der Waals surface area (Å²) in [5.74, 6) is 0.602. The standard InChI is InChI=1S/C19H23N3O3S.ClH/c1-20-11-13-21(14-12-20)15-19-25-18-10-6-5-9-17(18)22(26(19,23)24)16-7-3-2-4-8-16;/h2-10,19H,11-15H2,1H3;1H. The quantitative estimate of drug-likeness (QED) is 0.779. The van der Waals surface area contributed by atoms with Crippen LogP contribution in [-0.4, -0.2) is 63.4 Å². The van der Waals surface area contributed by atoms with Gasteiger partial charge in [0.1, 0.15) is 5.75 Å². The maximum atomic E-state index is 13.4. The highest BCUT2D eigenvalue weighted by molar-refractivity contribution is 7.93. The van der Waals surface area contributed by atoms with Crippen LogP contribution < -0.4 is 9.04 Å². The van der Waals surface area contributed by atoms with Gasteiger partial charge in [0, 0.05) is 26.2 Å². The molecule has 27 heavy (non-hydrogen) atoms. The van der Waals surface area contributed by atoms with Gasteiger partial charge < -0.3 is 9.64 Å². The lowest BCUT2D eigenvalue weighted by atomic mass is 10.2. The summed E-state index contributed by atoms with van der Waals surface area (Å²) in [6, 6.07) is 16.5. The molecule has 2 heterocycles. The first kappa shape index (κ1) is 19.9. The Labute approximate surface area is 166 Å². The van der Waals surface area contributed by atoms with E-state index in [1.54, 1.807) is 6.07 Å². The van der Waals surface area contributed by atoms with E-state index in [2.05, 4.69) is 16.8 Å². The van der Waals surface area contributed by atoms with E-state index in [1.807, 2.05) is 48.5 Å². The largest absolute Gasteiger partial charge is 0.469 e. The van der Waals surface area contributed by atoms with Crippen molar-refractivity contribution in [3.63, 3.8) is 0 Å². The molecule has 2 aliphatic rings. The topological polar surface area (TPSA) is 53.1 Å². The molecule has 6 nitrogen and oxygen atoms in total. The smallest absolute Gasteiger partial charge is 0.279 e. The van der Waals surface area contributed by atoms with Gasteiger partial charge in [-0.3, -0.25) is 4.90 Å². The van der Waals surface area contributed by atoms with Crippen molar-refractivity contribution in [2.45, 2.75) is 5.44 Å². The molecule has 0 spiro atoms. The lowest BCUT2D eigenvalue weighted by molar-refractivity contribution is 0.120. The summed E-state index contributed by atoms with van der Waals surface area (Å²) < 4.78 is 34.1. The van der Waals surface area contributed by atoms with Crippen LogP contribution >= 0.6 is 12.4 Å². The van der Waals surface area contributed by atoms with E-state index in [0.29, 0.717) is 23.7 Å². The number of fused-ring (bicyclic) bond motifs is 1. The summed E-state index contributed by atoms with van der Waals surface area (Å²) >= 11 is 0. The van der Waals surface area contributed by atoms with Crippen LogP contribution in [0.1, 0.15) is 0 Å². The van der Waals surface area contributed by atoms with E-state index in [9.17, 15) is 8.42 Å². The third-order valence-electron chi connectivity index (χ3n) is 4.92. The predicted molar refractivity (Wildman–Crippen MR) is 110 cm³/mol. The molecule has 2 aromatic rings. The lowest BCUT2D eigenvalue weighted by Crippen LogP contribution is -2.53. The summed E-state index contributed by atoms with van der Waals surface area (Å²) in [5, 5.41) is 0. The molecule has 146 valence electrons. The van der Waals surface area contributed by atoms with Crippen LogP contribution in [-0.2, 0) is 10.0 Å². The molecule has 0 radical (unpaired) electrons. The van der Waals surface area contributed by atoms with E-state index in [0.717, 1.165) is 26.2 Å². The summed E-state index contributed by atoms with van der Waals surface area (Å²) in [5.41, 5.74) is 0.279. The summed E-state index contributed by atoms with van der Waals surface area (Å²) in [7, 11) is -1.61. The summed E-state index contributed by atoms with van der Waals surface area (Å²) in [4.78, 5) is 4.41. The third kappa shape index (κ3) is 3.91. The molecule has 1 fully saturated rings. The Kier molecular flexibility index (Phi) is 5.95. The van der Waals surface area contributed by atoms with Gasteiger partial charge in [-0.05, 0) is 31.3 Å². The number of likely N-dealkylation sites (N-methyl/N-ethyl adjacent to an activating group) is 1. The highest BCUT2D eigenvalue weighted by atomic mass is 35.5. The number of nitrogens with zero attached hydrogens (tertiary/aromatic N) is 3. The maximum Gasteiger partial charge on any atom is 0.279 e. The minimum absolute atomic E-state index is 0. The zero-order chi connectivity index (χ0) is 18.1. The fraction of sp³-hybridized carbons (Fsp3) is 0.368. The molecule has 1 atom stereocenters. The van der Waals surface area contributed by atoms with E-state index in [-0.39, 0.29) is 12.4 Å². The number of benzene rings is 2. The molecule has 0 aliphatic carbocycles. The number of para-hydroxylation sites is 3. The zero-order valence-corrected chi connectivity index (χ0v) is 16.8.